The number of methoxy groups -OCH3 is 1. The Kier molecular flexibility index (Phi) is 5.01. The summed E-state index contributed by atoms with van der Waals surface area (Å²) < 4.78 is 14.6. The molecule has 0 N–H and O–H groups in total. The summed E-state index contributed by atoms with van der Waals surface area (Å²) in [5.74, 6) is 1.74. The molecule has 0 bridgehead atoms. The van der Waals surface area contributed by atoms with Gasteiger partial charge in [-0.25, -0.2) is 4.98 Å². The van der Waals surface area contributed by atoms with Gasteiger partial charge in [-0.05, 0) is 6.92 Å². The summed E-state index contributed by atoms with van der Waals surface area (Å²) in [6.07, 6.45) is 0.776. The highest BCUT2D eigenvalue weighted by Crippen LogP contribution is 2.20. The molecule has 1 aliphatic heterocycles. The van der Waals surface area contributed by atoms with Gasteiger partial charge in [0.05, 0.1) is 12.3 Å². The number of anilines is 1. The summed E-state index contributed by atoms with van der Waals surface area (Å²) in [5.41, 5.74) is 1.00. The normalized spacial score (nSPS) is 16.4. The molecule has 1 saturated heterocycles. The number of piperazine rings is 1. The fourth-order valence-corrected chi connectivity index (χ4v) is 3.25. The predicted molar refractivity (Wildman–Crippen MR) is 84.2 cm³/mol. The molecule has 2 aromatic rings. The van der Waals surface area contributed by atoms with Crippen molar-refractivity contribution in [3.63, 3.8) is 0 Å². The van der Waals surface area contributed by atoms with Crippen molar-refractivity contribution in [2.45, 2.75) is 19.9 Å². The van der Waals surface area contributed by atoms with E-state index < -0.39 is 0 Å². The van der Waals surface area contributed by atoms with Gasteiger partial charge in [0.25, 0.3) is 0 Å². The Hall–Kier alpha value is -1.51. The van der Waals surface area contributed by atoms with Crippen molar-refractivity contribution < 1.29 is 9.26 Å². The van der Waals surface area contributed by atoms with Crippen molar-refractivity contribution >= 4 is 16.7 Å². The molecule has 3 heterocycles. The van der Waals surface area contributed by atoms with Crippen LogP contribution in [0.1, 0.15) is 17.3 Å². The Balaban J connectivity index is 1.49. The van der Waals surface area contributed by atoms with Gasteiger partial charge in [-0.15, -0.1) is 0 Å². The lowest BCUT2D eigenvalue weighted by atomic mass is 10.3. The lowest BCUT2D eigenvalue weighted by molar-refractivity contribution is 0.201. The van der Waals surface area contributed by atoms with Gasteiger partial charge < -0.3 is 14.2 Å². The minimum atomic E-state index is 0.668. The summed E-state index contributed by atoms with van der Waals surface area (Å²) in [5, 5.41) is 5.07. The highest BCUT2D eigenvalue weighted by atomic mass is 32.1. The van der Waals surface area contributed by atoms with Gasteiger partial charge >= 0.3 is 0 Å². The molecule has 1 fully saturated rings. The molecule has 0 spiro atoms. The molecule has 0 saturated carbocycles. The van der Waals surface area contributed by atoms with Crippen LogP contribution in [0.5, 0.6) is 0 Å². The van der Waals surface area contributed by atoms with Gasteiger partial charge in [-0.1, -0.05) is 5.16 Å². The van der Waals surface area contributed by atoms with Crippen molar-refractivity contribution in [3.8, 4) is 0 Å². The highest BCUT2D eigenvalue weighted by Gasteiger charge is 2.20. The van der Waals surface area contributed by atoms with E-state index in [0.717, 1.165) is 61.6 Å². The predicted octanol–water partition coefficient (Wildman–Crippen LogP) is 1.35. The molecule has 22 heavy (non-hydrogen) atoms. The number of ether oxygens (including phenoxy) is 1. The Morgan fingerprint density at radius 1 is 1.32 bits per heavy atom. The Bertz CT molecular complexity index is 592. The number of hydrogen-bond acceptors (Lipinski definition) is 8. The molecule has 0 amide bonds. The van der Waals surface area contributed by atoms with Crippen LogP contribution in [0, 0.1) is 6.92 Å². The van der Waals surface area contributed by atoms with E-state index in [9.17, 15) is 0 Å². The second-order valence-corrected chi connectivity index (χ2v) is 6.16. The third-order valence-electron chi connectivity index (χ3n) is 3.69. The van der Waals surface area contributed by atoms with Crippen LogP contribution in [-0.2, 0) is 17.7 Å². The Morgan fingerprint density at radius 2 is 2.14 bits per heavy atom. The van der Waals surface area contributed by atoms with E-state index in [1.807, 2.05) is 13.0 Å². The van der Waals surface area contributed by atoms with Gasteiger partial charge in [-0.2, -0.15) is 4.37 Å². The maximum Gasteiger partial charge on any atom is 0.205 e. The topological polar surface area (TPSA) is 67.5 Å². The maximum atomic E-state index is 5.12. The van der Waals surface area contributed by atoms with Gasteiger partial charge in [0.1, 0.15) is 11.6 Å². The van der Waals surface area contributed by atoms with Gasteiger partial charge in [-0.3, -0.25) is 4.90 Å². The lowest BCUT2D eigenvalue weighted by Crippen LogP contribution is -2.46. The zero-order valence-electron chi connectivity index (χ0n) is 13.0. The first-order chi connectivity index (χ1) is 10.7. The average molecular weight is 323 g/mol. The van der Waals surface area contributed by atoms with E-state index in [1.54, 1.807) is 7.11 Å². The van der Waals surface area contributed by atoms with Crippen LogP contribution in [0.25, 0.3) is 0 Å². The van der Waals surface area contributed by atoms with E-state index in [0.29, 0.717) is 6.61 Å². The first kappa shape index (κ1) is 15.4. The molecule has 8 heteroatoms. The Labute approximate surface area is 134 Å². The first-order valence-corrected chi connectivity index (χ1v) is 8.23. The monoisotopic (exact) mass is 323 g/mol. The summed E-state index contributed by atoms with van der Waals surface area (Å²) in [6.45, 7) is 7.37. The minimum Gasteiger partial charge on any atom is -0.384 e. The largest absolute Gasteiger partial charge is 0.384 e. The van der Waals surface area contributed by atoms with Crippen LogP contribution in [0.3, 0.4) is 0 Å². The van der Waals surface area contributed by atoms with Crippen LogP contribution in [0.4, 0.5) is 5.13 Å². The molecular weight excluding hydrogens is 302 g/mol. The summed E-state index contributed by atoms with van der Waals surface area (Å²) in [4.78, 5) is 9.28. The van der Waals surface area contributed by atoms with Crippen molar-refractivity contribution in [3.05, 3.63) is 23.3 Å². The zero-order chi connectivity index (χ0) is 15.4. The Morgan fingerprint density at radius 3 is 2.82 bits per heavy atom. The second kappa shape index (κ2) is 7.17. The molecule has 0 unspecified atom stereocenters. The number of hydrogen-bond donors (Lipinski definition) is 0. The molecule has 1 aliphatic rings. The smallest absolute Gasteiger partial charge is 0.205 e. The first-order valence-electron chi connectivity index (χ1n) is 7.45. The van der Waals surface area contributed by atoms with Crippen molar-refractivity contribution in [2.75, 3.05) is 44.8 Å². The fourth-order valence-electron chi connectivity index (χ4n) is 2.49. The van der Waals surface area contributed by atoms with Crippen LogP contribution in [0.2, 0.25) is 0 Å². The van der Waals surface area contributed by atoms with E-state index in [-0.39, 0.29) is 0 Å². The van der Waals surface area contributed by atoms with E-state index >= 15 is 0 Å². The lowest BCUT2D eigenvalue weighted by Gasteiger charge is -2.33. The number of aryl methyl sites for hydroxylation is 1. The van der Waals surface area contributed by atoms with Gasteiger partial charge in [0.2, 0.25) is 5.13 Å². The summed E-state index contributed by atoms with van der Waals surface area (Å²) >= 11 is 1.48. The number of nitrogens with zero attached hydrogens (tertiary/aromatic N) is 5. The summed E-state index contributed by atoms with van der Waals surface area (Å²) in [6, 6.07) is 2.00. The van der Waals surface area contributed by atoms with Crippen molar-refractivity contribution in [1.82, 2.24) is 19.4 Å². The third kappa shape index (κ3) is 3.82. The van der Waals surface area contributed by atoms with E-state index in [1.165, 1.54) is 11.5 Å². The van der Waals surface area contributed by atoms with Crippen LogP contribution in [-0.4, -0.2) is 59.3 Å². The quantitative estimate of drug-likeness (QED) is 0.795. The minimum absolute atomic E-state index is 0.668. The molecule has 0 atom stereocenters. The van der Waals surface area contributed by atoms with Crippen LogP contribution in [0.15, 0.2) is 10.6 Å². The van der Waals surface area contributed by atoms with Gasteiger partial charge in [0, 0.05) is 63.9 Å². The molecule has 3 rings (SSSR count). The SMILES string of the molecule is COCCc1nsc(N2CCN(Cc3cc(C)on3)CC2)n1. The molecule has 0 radical (unpaired) electrons. The van der Waals surface area contributed by atoms with E-state index in [4.69, 9.17) is 9.26 Å². The zero-order valence-corrected chi connectivity index (χ0v) is 13.8. The second-order valence-electron chi connectivity index (χ2n) is 5.43. The third-order valence-corrected chi connectivity index (χ3v) is 4.51. The number of rotatable bonds is 6. The highest BCUT2D eigenvalue weighted by molar-refractivity contribution is 7.09. The number of aromatic nitrogens is 3. The molecular formula is C14H21N5O2S. The molecule has 0 aromatic carbocycles. The average Bonchev–Trinajstić information content (AvgIpc) is 3.15. The van der Waals surface area contributed by atoms with Crippen LogP contribution >= 0.6 is 11.5 Å². The van der Waals surface area contributed by atoms with Crippen molar-refractivity contribution in [2.24, 2.45) is 0 Å². The van der Waals surface area contributed by atoms with E-state index in [2.05, 4.69) is 24.3 Å². The maximum absolute atomic E-state index is 5.12. The van der Waals surface area contributed by atoms with Crippen molar-refractivity contribution in [1.29, 1.82) is 0 Å². The standard InChI is InChI=1S/C14H21N5O2S/c1-11-9-12(16-21-11)10-18-4-6-19(7-5-18)14-15-13(17-22-14)3-8-20-2/h9H,3-8,10H2,1-2H3. The molecule has 0 aliphatic carbocycles. The molecule has 7 nitrogen and oxygen atoms in total. The van der Waals surface area contributed by atoms with Gasteiger partial charge in [0.15, 0.2) is 0 Å². The molecule has 2 aromatic heterocycles. The summed E-state index contributed by atoms with van der Waals surface area (Å²) in [7, 11) is 1.70. The van der Waals surface area contributed by atoms with Crippen LogP contribution < -0.4 is 4.90 Å². The molecule has 120 valence electrons. The fraction of sp³-hybridized carbons (Fsp3) is 0.643.